The van der Waals surface area contributed by atoms with Gasteiger partial charge in [0.2, 0.25) is 11.9 Å². The lowest BCUT2D eigenvalue weighted by Crippen LogP contribution is -2.37. The summed E-state index contributed by atoms with van der Waals surface area (Å²) < 4.78 is 1.77. The van der Waals surface area contributed by atoms with Crippen molar-refractivity contribution < 1.29 is 4.79 Å². The van der Waals surface area contributed by atoms with Gasteiger partial charge in [0.25, 0.3) is 0 Å². The first-order valence-electron chi connectivity index (χ1n) is 11.7. The van der Waals surface area contributed by atoms with Crippen molar-refractivity contribution in [2.24, 2.45) is 7.05 Å². The highest BCUT2D eigenvalue weighted by Crippen LogP contribution is 2.28. The minimum absolute atomic E-state index is 0.0171. The maximum Gasteiger partial charge on any atom is 0.225 e. The van der Waals surface area contributed by atoms with Crippen molar-refractivity contribution in [3.05, 3.63) is 59.8 Å². The number of para-hydroxylation sites is 1. The number of aryl methyl sites for hydroxylation is 3. The topological polar surface area (TPSA) is 88.0 Å². The molecule has 2 aromatic heterocycles. The highest BCUT2D eigenvalue weighted by molar-refractivity contribution is 5.90. The van der Waals surface area contributed by atoms with Gasteiger partial charge in [0.15, 0.2) is 11.5 Å². The first-order chi connectivity index (χ1) is 16.3. The predicted molar refractivity (Wildman–Crippen MR) is 137 cm³/mol. The molecule has 34 heavy (non-hydrogen) atoms. The molecule has 3 heterocycles. The van der Waals surface area contributed by atoms with E-state index in [1.807, 2.05) is 25.1 Å². The number of anilines is 3. The second kappa shape index (κ2) is 10.1. The maximum atomic E-state index is 12.0. The van der Waals surface area contributed by atoms with Crippen LogP contribution in [0.2, 0.25) is 0 Å². The van der Waals surface area contributed by atoms with Gasteiger partial charge >= 0.3 is 0 Å². The van der Waals surface area contributed by atoms with E-state index in [-0.39, 0.29) is 18.0 Å². The Hall–Kier alpha value is -3.68. The summed E-state index contributed by atoms with van der Waals surface area (Å²) in [6.07, 6.45) is 11.9. The Morgan fingerprint density at radius 1 is 1.15 bits per heavy atom. The Morgan fingerprint density at radius 3 is 2.65 bits per heavy atom. The molecule has 2 unspecified atom stereocenters. The van der Waals surface area contributed by atoms with Crippen LogP contribution in [0.25, 0.3) is 11.0 Å². The lowest BCUT2D eigenvalue weighted by molar-refractivity contribution is -0.129. The number of rotatable bonds is 4. The van der Waals surface area contributed by atoms with Gasteiger partial charge in [-0.25, -0.2) is 9.67 Å². The molecule has 1 aliphatic rings. The van der Waals surface area contributed by atoms with Crippen molar-refractivity contribution in [3.8, 4) is 0 Å². The number of amides is 1. The number of hydrogen-bond donors (Lipinski definition) is 2. The summed E-state index contributed by atoms with van der Waals surface area (Å²) in [6, 6.07) is 6.26. The monoisotopic (exact) mass is 459 g/mol. The van der Waals surface area contributed by atoms with E-state index in [2.05, 4.69) is 77.1 Å². The molecule has 2 atom stereocenters. The Balaban J connectivity index is 1.57. The molecule has 0 saturated carbocycles. The number of nitrogens with zero attached hydrogens (tertiary/aromatic N) is 5. The number of fused-ring (bicyclic) bond motifs is 1. The van der Waals surface area contributed by atoms with Crippen molar-refractivity contribution >= 4 is 34.4 Å². The quantitative estimate of drug-likeness (QED) is 0.553. The summed E-state index contributed by atoms with van der Waals surface area (Å²) in [4.78, 5) is 23.2. The minimum Gasteiger partial charge on any atom is -0.348 e. The van der Waals surface area contributed by atoms with E-state index in [1.54, 1.807) is 11.6 Å². The minimum atomic E-state index is 0.0171. The fourth-order valence-electron chi connectivity index (χ4n) is 4.30. The molecule has 0 radical (unpaired) electrons. The zero-order valence-corrected chi connectivity index (χ0v) is 20.5. The summed E-state index contributed by atoms with van der Waals surface area (Å²) in [5, 5.41) is 12.4. The summed E-state index contributed by atoms with van der Waals surface area (Å²) in [5.41, 5.74) is 4.12. The second-order valence-corrected chi connectivity index (χ2v) is 8.88. The Kier molecular flexibility index (Phi) is 6.95. The van der Waals surface area contributed by atoms with Crippen LogP contribution in [-0.4, -0.2) is 49.2 Å². The SMILES string of the molecule is CC(=O)N1CC/C=C\CC(Nc2ncc3c(Nc4c(C)cccc4C)nn(C)c3n2)/C=C\C1C. The van der Waals surface area contributed by atoms with Crippen LogP contribution in [0.3, 0.4) is 0 Å². The van der Waals surface area contributed by atoms with E-state index in [0.717, 1.165) is 53.1 Å². The molecular weight excluding hydrogens is 426 g/mol. The molecule has 1 aromatic carbocycles. The lowest BCUT2D eigenvalue weighted by Gasteiger charge is -2.26. The molecule has 2 N–H and O–H groups in total. The van der Waals surface area contributed by atoms with Crippen LogP contribution in [0.4, 0.5) is 17.5 Å². The molecule has 1 amide bonds. The lowest BCUT2D eigenvalue weighted by atomic mass is 10.1. The van der Waals surface area contributed by atoms with E-state index in [1.165, 1.54) is 0 Å². The number of hydrogen-bond acceptors (Lipinski definition) is 6. The van der Waals surface area contributed by atoms with Crippen LogP contribution in [0, 0.1) is 13.8 Å². The summed E-state index contributed by atoms with van der Waals surface area (Å²) >= 11 is 0. The fourth-order valence-corrected chi connectivity index (χ4v) is 4.30. The third-order valence-corrected chi connectivity index (χ3v) is 6.23. The van der Waals surface area contributed by atoms with Gasteiger partial charge in [0.1, 0.15) is 0 Å². The van der Waals surface area contributed by atoms with Gasteiger partial charge in [-0.3, -0.25) is 4.79 Å². The molecule has 178 valence electrons. The zero-order valence-electron chi connectivity index (χ0n) is 20.5. The number of benzene rings is 1. The molecule has 0 aliphatic carbocycles. The van der Waals surface area contributed by atoms with Gasteiger partial charge in [0.05, 0.1) is 11.4 Å². The van der Waals surface area contributed by atoms with Gasteiger partial charge in [-0.05, 0) is 44.7 Å². The van der Waals surface area contributed by atoms with Crippen molar-refractivity contribution in [3.63, 3.8) is 0 Å². The van der Waals surface area contributed by atoms with Crippen LogP contribution in [0.1, 0.15) is 37.8 Å². The van der Waals surface area contributed by atoms with Crippen molar-refractivity contribution in [1.29, 1.82) is 0 Å². The number of nitrogens with one attached hydrogen (secondary N) is 2. The number of aromatic nitrogens is 4. The van der Waals surface area contributed by atoms with E-state index in [0.29, 0.717) is 5.95 Å². The molecular formula is C26H33N7O. The molecule has 0 spiro atoms. The molecule has 0 bridgehead atoms. The van der Waals surface area contributed by atoms with E-state index in [4.69, 9.17) is 4.98 Å². The highest BCUT2D eigenvalue weighted by atomic mass is 16.2. The van der Waals surface area contributed by atoms with Crippen LogP contribution < -0.4 is 10.6 Å². The first-order valence-corrected chi connectivity index (χ1v) is 11.7. The van der Waals surface area contributed by atoms with Gasteiger partial charge in [-0.1, -0.05) is 42.5 Å². The first kappa shape index (κ1) is 23.5. The van der Waals surface area contributed by atoms with Crippen molar-refractivity contribution in [1.82, 2.24) is 24.6 Å². The van der Waals surface area contributed by atoms with Crippen LogP contribution in [0.15, 0.2) is 48.7 Å². The Morgan fingerprint density at radius 2 is 1.91 bits per heavy atom. The highest BCUT2D eigenvalue weighted by Gasteiger charge is 2.17. The molecule has 0 saturated heterocycles. The third-order valence-electron chi connectivity index (χ3n) is 6.23. The smallest absolute Gasteiger partial charge is 0.225 e. The van der Waals surface area contributed by atoms with E-state index < -0.39 is 0 Å². The molecule has 3 aromatic rings. The third kappa shape index (κ3) is 5.11. The van der Waals surface area contributed by atoms with Gasteiger partial charge in [-0.15, -0.1) is 0 Å². The van der Waals surface area contributed by atoms with Gasteiger partial charge in [0, 0.05) is 38.4 Å². The Bertz CT molecular complexity index is 1220. The van der Waals surface area contributed by atoms with E-state index in [9.17, 15) is 4.79 Å². The van der Waals surface area contributed by atoms with Crippen LogP contribution >= 0.6 is 0 Å². The second-order valence-electron chi connectivity index (χ2n) is 8.88. The summed E-state index contributed by atoms with van der Waals surface area (Å²) in [7, 11) is 1.89. The molecule has 0 fully saturated rings. The number of carbonyl (C=O) groups excluding carboxylic acids is 1. The average Bonchev–Trinajstić information content (AvgIpc) is 3.11. The predicted octanol–water partition coefficient (Wildman–Crippen LogP) is 4.65. The normalized spacial score (nSPS) is 20.7. The van der Waals surface area contributed by atoms with E-state index >= 15 is 0 Å². The number of carbonyl (C=O) groups is 1. The molecule has 4 rings (SSSR count). The fraction of sp³-hybridized carbons (Fsp3) is 0.385. The Labute approximate surface area is 200 Å². The van der Waals surface area contributed by atoms with Crippen LogP contribution in [0.5, 0.6) is 0 Å². The summed E-state index contributed by atoms with van der Waals surface area (Å²) in [6.45, 7) is 8.56. The average molecular weight is 460 g/mol. The van der Waals surface area contributed by atoms with Crippen molar-refractivity contribution in [2.45, 2.75) is 52.6 Å². The molecule has 1 aliphatic heterocycles. The zero-order chi connectivity index (χ0) is 24.2. The molecule has 8 heteroatoms. The maximum absolute atomic E-state index is 12.0. The van der Waals surface area contributed by atoms with Gasteiger partial charge in [-0.2, -0.15) is 10.1 Å². The standard InChI is InChI=1S/C26H33N7O/c1-17-10-9-11-18(2)23(17)29-24-22-16-27-26(30-25(22)32(5)31-24)28-21-12-7-6-8-15-33(20(4)34)19(3)13-14-21/h6-7,9-11,13-14,16,19,21H,8,12,15H2,1-5H3,(H,29,31)(H,27,28,30)/b7-6-,14-13-. The van der Waals surface area contributed by atoms with Crippen LogP contribution in [-0.2, 0) is 11.8 Å². The van der Waals surface area contributed by atoms with Crippen molar-refractivity contribution in [2.75, 3.05) is 17.2 Å². The molecule has 8 nitrogen and oxygen atoms in total. The summed E-state index contributed by atoms with van der Waals surface area (Å²) in [5.74, 6) is 1.37. The largest absolute Gasteiger partial charge is 0.348 e. The van der Waals surface area contributed by atoms with Gasteiger partial charge < -0.3 is 15.5 Å².